The van der Waals surface area contributed by atoms with E-state index in [-0.39, 0.29) is 49.7 Å². The number of pyridine rings is 1. The smallest absolute Gasteiger partial charge is 0.400 e. The predicted molar refractivity (Wildman–Crippen MR) is 149 cm³/mol. The van der Waals surface area contributed by atoms with Gasteiger partial charge < -0.3 is 29.2 Å². The van der Waals surface area contributed by atoms with Crippen LogP contribution in [0.15, 0.2) is 35.1 Å². The molecule has 0 unspecified atom stereocenters. The number of likely N-dealkylation sites (tertiary alicyclic amines) is 1. The number of fused-ring (bicyclic) bond motifs is 1. The van der Waals surface area contributed by atoms with Crippen molar-refractivity contribution in [3.63, 3.8) is 0 Å². The first kappa shape index (κ1) is 29.2. The lowest BCUT2D eigenvalue weighted by molar-refractivity contribution is -0.307. The Morgan fingerprint density at radius 1 is 1.22 bits per heavy atom. The second kappa shape index (κ2) is 11.2. The molecule has 0 aliphatic carbocycles. The molecule has 11 heteroatoms. The van der Waals surface area contributed by atoms with E-state index in [1.54, 1.807) is 13.0 Å². The molecular weight excluding hydrogens is 537 g/mol. The van der Waals surface area contributed by atoms with Gasteiger partial charge in [0, 0.05) is 34.9 Å². The second-order valence-electron chi connectivity index (χ2n) is 11.5. The number of aryl methyl sites for hydroxylation is 1. The first-order valence-electron chi connectivity index (χ1n) is 14.0. The van der Waals surface area contributed by atoms with Crippen molar-refractivity contribution in [1.82, 2.24) is 19.8 Å². The first-order chi connectivity index (χ1) is 19.5. The van der Waals surface area contributed by atoms with Gasteiger partial charge in [0.15, 0.2) is 0 Å². The maximum atomic E-state index is 13.7. The minimum absolute atomic E-state index is 0.00897. The fraction of sp³-hybridized carbons (Fsp3) is 0.533. The number of piperidine rings is 1. The number of ether oxygens (including phenoxy) is 2. The molecule has 222 valence electrons. The number of alkyl halides is 3. The molecule has 2 aromatic heterocycles. The molecule has 2 aliphatic rings. The number of aromatic nitrogens is 2. The lowest BCUT2D eigenvalue weighted by Crippen LogP contribution is -2.60. The number of para-hydroxylation sites is 1. The van der Waals surface area contributed by atoms with E-state index in [4.69, 9.17) is 9.47 Å². The molecule has 5 rings (SSSR count). The molecule has 4 heterocycles. The minimum atomic E-state index is -4.27. The van der Waals surface area contributed by atoms with E-state index in [0.717, 1.165) is 29.4 Å². The van der Waals surface area contributed by atoms with E-state index in [1.807, 2.05) is 36.1 Å². The third-order valence-electron chi connectivity index (χ3n) is 8.86. The van der Waals surface area contributed by atoms with Crippen LogP contribution in [0.3, 0.4) is 0 Å². The summed E-state index contributed by atoms with van der Waals surface area (Å²) in [5, 5.41) is 3.72. The molecule has 2 fully saturated rings. The summed E-state index contributed by atoms with van der Waals surface area (Å²) in [6.07, 6.45) is -2.75. The SMILES string of the molecule is COc1cc(C)[nH]c(=O)c1CNC(=O)c1c(C)n([C@H](C)C2CCN(CC3(C(F)(F)F)COC3)CC2)c2ccccc12. The monoisotopic (exact) mass is 574 g/mol. The number of methoxy groups -OCH3 is 1. The Kier molecular flexibility index (Phi) is 7.95. The number of carbonyl (C=O) groups is 1. The summed E-state index contributed by atoms with van der Waals surface area (Å²) in [6, 6.07) is 9.48. The van der Waals surface area contributed by atoms with Gasteiger partial charge in [-0.05, 0) is 64.8 Å². The molecule has 1 atom stereocenters. The maximum Gasteiger partial charge on any atom is 0.400 e. The number of nitrogens with zero attached hydrogens (tertiary/aromatic N) is 2. The zero-order chi connectivity index (χ0) is 29.5. The molecule has 1 aromatic carbocycles. The second-order valence-corrected chi connectivity index (χ2v) is 11.5. The molecule has 0 bridgehead atoms. The van der Waals surface area contributed by atoms with Crippen molar-refractivity contribution >= 4 is 16.8 Å². The van der Waals surface area contributed by atoms with Crippen LogP contribution < -0.4 is 15.6 Å². The van der Waals surface area contributed by atoms with Crippen LogP contribution in [0.25, 0.3) is 10.9 Å². The number of benzene rings is 1. The summed E-state index contributed by atoms with van der Waals surface area (Å²) in [5.41, 5.74) is 1.22. The van der Waals surface area contributed by atoms with Crippen LogP contribution in [0.4, 0.5) is 13.2 Å². The van der Waals surface area contributed by atoms with Crippen molar-refractivity contribution in [3.8, 4) is 5.75 Å². The van der Waals surface area contributed by atoms with Crippen molar-refractivity contribution in [2.45, 2.75) is 52.4 Å². The van der Waals surface area contributed by atoms with Gasteiger partial charge in [-0.1, -0.05) is 18.2 Å². The average Bonchev–Trinajstić information content (AvgIpc) is 3.20. The Morgan fingerprint density at radius 2 is 1.90 bits per heavy atom. The molecule has 41 heavy (non-hydrogen) atoms. The number of H-pyrrole nitrogens is 1. The van der Waals surface area contributed by atoms with E-state index in [9.17, 15) is 22.8 Å². The van der Waals surface area contributed by atoms with E-state index in [2.05, 4.69) is 21.8 Å². The minimum Gasteiger partial charge on any atom is -0.496 e. The molecule has 8 nitrogen and oxygen atoms in total. The summed E-state index contributed by atoms with van der Waals surface area (Å²) >= 11 is 0. The Hall–Kier alpha value is -3.31. The van der Waals surface area contributed by atoms with Gasteiger partial charge in [-0.2, -0.15) is 13.2 Å². The van der Waals surface area contributed by atoms with Crippen LogP contribution in [0, 0.1) is 25.2 Å². The molecule has 2 aliphatic heterocycles. The normalized spacial score (nSPS) is 18.7. The van der Waals surface area contributed by atoms with Crippen LogP contribution in [-0.4, -0.2) is 66.5 Å². The highest BCUT2D eigenvalue weighted by Gasteiger charge is 2.60. The lowest BCUT2D eigenvalue weighted by Gasteiger charge is -2.47. The van der Waals surface area contributed by atoms with Gasteiger partial charge >= 0.3 is 6.18 Å². The highest BCUT2D eigenvalue weighted by Crippen LogP contribution is 2.45. The number of carbonyl (C=O) groups excluding carboxylic acids is 1. The summed E-state index contributed by atoms with van der Waals surface area (Å²) in [6.45, 7) is 6.43. The summed E-state index contributed by atoms with van der Waals surface area (Å²) in [5.74, 6) is 0.366. The van der Waals surface area contributed by atoms with Gasteiger partial charge in [0.2, 0.25) is 0 Å². The van der Waals surface area contributed by atoms with Gasteiger partial charge in [0.25, 0.3) is 11.5 Å². The quantitative estimate of drug-likeness (QED) is 0.406. The van der Waals surface area contributed by atoms with Crippen molar-refractivity contribution in [2.75, 3.05) is 40.0 Å². The highest BCUT2D eigenvalue weighted by molar-refractivity contribution is 6.08. The van der Waals surface area contributed by atoms with Crippen molar-refractivity contribution in [1.29, 1.82) is 0 Å². The van der Waals surface area contributed by atoms with Crippen LogP contribution >= 0.6 is 0 Å². The molecule has 0 radical (unpaired) electrons. The zero-order valence-electron chi connectivity index (χ0n) is 23.9. The molecule has 0 spiro atoms. The molecule has 2 saturated heterocycles. The summed E-state index contributed by atoms with van der Waals surface area (Å²) < 4.78 is 53.5. The van der Waals surface area contributed by atoms with Crippen molar-refractivity contribution in [2.24, 2.45) is 11.3 Å². The standard InChI is InChI=1S/C30H37F3N4O4/c1-18-13-25(40-4)23(27(38)35-18)14-34-28(39)26-20(3)37(24-8-6-5-7-22(24)26)19(2)21-9-11-36(12-10-21)15-29(16-41-17-29)30(31,32)33/h5-8,13,19,21H,9-12,14-17H2,1-4H3,(H,34,39)(H,35,38)/t19-/m1/s1. The Balaban J connectivity index is 1.33. The van der Waals surface area contributed by atoms with E-state index in [1.165, 1.54) is 7.11 Å². The molecule has 1 amide bonds. The largest absolute Gasteiger partial charge is 0.496 e. The lowest BCUT2D eigenvalue weighted by atomic mass is 9.82. The number of halogens is 3. The Bertz CT molecular complexity index is 1480. The number of aromatic amines is 1. The average molecular weight is 575 g/mol. The van der Waals surface area contributed by atoms with Crippen LogP contribution in [0.5, 0.6) is 5.75 Å². The fourth-order valence-corrected chi connectivity index (χ4v) is 6.42. The third kappa shape index (κ3) is 5.37. The first-order valence-corrected chi connectivity index (χ1v) is 14.0. The van der Waals surface area contributed by atoms with Crippen LogP contribution in [0.1, 0.15) is 53.1 Å². The van der Waals surface area contributed by atoms with Gasteiger partial charge in [-0.25, -0.2) is 0 Å². The number of rotatable bonds is 8. The summed E-state index contributed by atoms with van der Waals surface area (Å²) in [7, 11) is 1.49. The zero-order valence-corrected chi connectivity index (χ0v) is 23.9. The van der Waals surface area contributed by atoms with Gasteiger partial charge in [0.1, 0.15) is 11.2 Å². The molecule has 3 aromatic rings. The van der Waals surface area contributed by atoms with E-state index >= 15 is 0 Å². The fourth-order valence-electron chi connectivity index (χ4n) is 6.42. The van der Waals surface area contributed by atoms with Crippen molar-refractivity contribution in [3.05, 3.63) is 63.2 Å². The highest BCUT2D eigenvalue weighted by atomic mass is 19.4. The number of amides is 1. The number of nitrogens with one attached hydrogen (secondary N) is 2. The van der Waals surface area contributed by atoms with Gasteiger partial charge in [0.05, 0.1) is 38.0 Å². The van der Waals surface area contributed by atoms with E-state index in [0.29, 0.717) is 35.7 Å². The molecular formula is C30H37F3N4O4. The number of hydrogen-bond acceptors (Lipinski definition) is 5. The molecule has 2 N–H and O–H groups in total. The van der Waals surface area contributed by atoms with Gasteiger partial charge in [-0.15, -0.1) is 0 Å². The van der Waals surface area contributed by atoms with Crippen LogP contribution in [0.2, 0.25) is 0 Å². The Labute approximate surface area is 236 Å². The topological polar surface area (TPSA) is 88.6 Å². The van der Waals surface area contributed by atoms with Crippen molar-refractivity contribution < 1.29 is 27.4 Å². The predicted octanol–water partition coefficient (Wildman–Crippen LogP) is 4.74. The summed E-state index contributed by atoms with van der Waals surface area (Å²) in [4.78, 5) is 30.7. The maximum absolute atomic E-state index is 13.7. The third-order valence-corrected chi connectivity index (χ3v) is 8.86. The number of hydrogen-bond donors (Lipinski definition) is 2. The molecule has 0 saturated carbocycles. The Morgan fingerprint density at radius 3 is 2.51 bits per heavy atom. The van der Waals surface area contributed by atoms with E-state index < -0.39 is 11.6 Å². The van der Waals surface area contributed by atoms with Crippen LogP contribution in [-0.2, 0) is 11.3 Å². The van der Waals surface area contributed by atoms with Gasteiger partial charge in [-0.3, -0.25) is 9.59 Å².